The molecule has 0 aliphatic heterocycles. The number of halogens is 1. The largest absolute Gasteiger partial charge is 0.350 e. The minimum absolute atomic E-state index is 0.00880. The number of carbonyl (C=O) groups excluding carboxylic acids is 2. The van der Waals surface area contributed by atoms with Gasteiger partial charge in [0, 0.05) is 24.3 Å². The number of hydrogen-bond acceptors (Lipinski definition) is 4. The van der Waals surface area contributed by atoms with E-state index < -0.39 is 27.7 Å². The van der Waals surface area contributed by atoms with Gasteiger partial charge in [0.25, 0.3) is 11.8 Å². The van der Waals surface area contributed by atoms with Crippen molar-refractivity contribution in [1.82, 2.24) is 10.6 Å². The minimum atomic E-state index is -3.45. The molecule has 0 aliphatic carbocycles. The van der Waals surface area contributed by atoms with Crippen LogP contribution in [0.15, 0.2) is 48.5 Å². The molecule has 0 unspecified atom stereocenters. The number of anilines is 1. The highest BCUT2D eigenvalue weighted by Gasteiger charge is 2.12. The maximum atomic E-state index is 13.5. The molecule has 2 rings (SSSR count). The lowest BCUT2D eigenvalue weighted by Crippen LogP contribution is -2.35. The van der Waals surface area contributed by atoms with Gasteiger partial charge in [-0.05, 0) is 36.8 Å². The van der Waals surface area contributed by atoms with E-state index in [0.717, 1.165) is 0 Å². The predicted octanol–water partition coefficient (Wildman–Crippen LogP) is 2.14. The van der Waals surface area contributed by atoms with Crippen molar-refractivity contribution in [1.29, 1.82) is 0 Å². The van der Waals surface area contributed by atoms with Crippen molar-refractivity contribution in [2.75, 3.05) is 23.6 Å². The molecule has 2 aromatic rings. The summed E-state index contributed by atoms with van der Waals surface area (Å²) in [5.41, 5.74) is 0.506. The summed E-state index contributed by atoms with van der Waals surface area (Å²) in [5, 5.41) is 5.13. The van der Waals surface area contributed by atoms with Crippen LogP contribution in [0.3, 0.4) is 0 Å². The first-order valence-corrected chi connectivity index (χ1v) is 10.4. The van der Waals surface area contributed by atoms with Gasteiger partial charge >= 0.3 is 0 Å². The zero-order valence-electron chi connectivity index (χ0n) is 15.4. The Morgan fingerprint density at radius 1 is 0.964 bits per heavy atom. The van der Waals surface area contributed by atoms with E-state index in [1.807, 2.05) is 0 Å². The standard InChI is InChI=1S/C19H22FN3O4S/c1-2-12-28(26,27)23-15-7-5-6-14(13-15)18(24)21-10-11-22-19(25)16-8-3-4-9-17(16)20/h3-9,13,23H,2,10-12H2,1H3,(H,21,24)(H,22,25). The highest BCUT2D eigenvalue weighted by molar-refractivity contribution is 7.92. The third kappa shape index (κ3) is 6.34. The second kappa shape index (κ2) is 9.84. The van der Waals surface area contributed by atoms with Crippen LogP contribution in [0.25, 0.3) is 0 Å². The highest BCUT2D eigenvalue weighted by Crippen LogP contribution is 2.13. The van der Waals surface area contributed by atoms with Crippen molar-refractivity contribution in [3.05, 3.63) is 65.5 Å². The number of carbonyl (C=O) groups is 2. The van der Waals surface area contributed by atoms with Crippen molar-refractivity contribution in [2.24, 2.45) is 0 Å². The van der Waals surface area contributed by atoms with E-state index in [1.165, 1.54) is 24.3 Å². The molecule has 0 saturated carbocycles. The van der Waals surface area contributed by atoms with E-state index in [0.29, 0.717) is 12.1 Å². The van der Waals surface area contributed by atoms with Gasteiger partial charge in [-0.3, -0.25) is 14.3 Å². The summed E-state index contributed by atoms with van der Waals surface area (Å²) in [5.74, 6) is -1.62. The fourth-order valence-electron chi connectivity index (χ4n) is 2.42. The quantitative estimate of drug-likeness (QED) is 0.554. The van der Waals surface area contributed by atoms with Crippen molar-refractivity contribution >= 4 is 27.5 Å². The number of benzene rings is 2. The van der Waals surface area contributed by atoms with E-state index >= 15 is 0 Å². The summed E-state index contributed by atoms with van der Waals surface area (Å²) >= 11 is 0. The molecule has 3 N–H and O–H groups in total. The average molecular weight is 407 g/mol. The first-order valence-electron chi connectivity index (χ1n) is 8.74. The molecular weight excluding hydrogens is 385 g/mol. The van der Waals surface area contributed by atoms with E-state index in [1.54, 1.807) is 31.2 Å². The smallest absolute Gasteiger partial charge is 0.254 e. The number of sulfonamides is 1. The van der Waals surface area contributed by atoms with Gasteiger partial charge in [0.15, 0.2) is 0 Å². The first-order chi connectivity index (χ1) is 13.3. The monoisotopic (exact) mass is 407 g/mol. The van der Waals surface area contributed by atoms with Crippen LogP contribution in [0.2, 0.25) is 0 Å². The second-order valence-corrected chi connectivity index (χ2v) is 7.84. The molecule has 0 heterocycles. The second-order valence-electron chi connectivity index (χ2n) is 5.99. The minimum Gasteiger partial charge on any atom is -0.350 e. The Bertz CT molecular complexity index is 948. The molecule has 0 atom stereocenters. The summed E-state index contributed by atoms with van der Waals surface area (Å²) < 4.78 is 39.6. The molecule has 28 heavy (non-hydrogen) atoms. The normalized spacial score (nSPS) is 10.9. The third-order valence-corrected chi connectivity index (χ3v) is 5.18. The van der Waals surface area contributed by atoms with Gasteiger partial charge in [0.1, 0.15) is 5.82 Å². The Morgan fingerprint density at radius 3 is 2.32 bits per heavy atom. The third-order valence-electron chi connectivity index (χ3n) is 3.69. The fourth-order valence-corrected chi connectivity index (χ4v) is 3.54. The maximum Gasteiger partial charge on any atom is 0.254 e. The van der Waals surface area contributed by atoms with Crippen molar-refractivity contribution in [2.45, 2.75) is 13.3 Å². The van der Waals surface area contributed by atoms with Gasteiger partial charge in [0.05, 0.1) is 11.3 Å². The predicted molar refractivity (Wildman–Crippen MR) is 105 cm³/mol. The molecule has 2 amide bonds. The number of hydrogen-bond donors (Lipinski definition) is 3. The molecule has 0 fully saturated rings. The van der Waals surface area contributed by atoms with Crippen LogP contribution < -0.4 is 15.4 Å². The number of nitrogens with one attached hydrogen (secondary N) is 3. The highest BCUT2D eigenvalue weighted by atomic mass is 32.2. The zero-order chi connectivity index (χ0) is 20.6. The Labute approximate surface area is 163 Å². The molecule has 0 aliphatic rings. The molecule has 0 bridgehead atoms. The lowest BCUT2D eigenvalue weighted by molar-refractivity contribution is 0.0925. The van der Waals surface area contributed by atoms with Gasteiger partial charge in [-0.1, -0.05) is 25.1 Å². The Hall–Kier alpha value is -2.94. The van der Waals surface area contributed by atoms with Crippen molar-refractivity contribution in [3.63, 3.8) is 0 Å². The van der Waals surface area contributed by atoms with Crippen LogP contribution in [0, 0.1) is 5.82 Å². The Balaban J connectivity index is 1.86. The Kier molecular flexibility index (Phi) is 7.51. The lowest BCUT2D eigenvalue weighted by Gasteiger charge is -2.10. The van der Waals surface area contributed by atoms with Crippen LogP contribution in [0.5, 0.6) is 0 Å². The number of amides is 2. The summed E-state index contributed by atoms with van der Waals surface area (Å²) in [6.45, 7) is 2.00. The molecule has 150 valence electrons. The number of rotatable bonds is 9. The van der Waals surface area contributed by atoms with Crippen LogP contribution in [-0.4, -0.2) is 39.1 Å². The van der Waals surface area contributed by atoms with Gasteiger partial charge in [-0.2, -0.15) is 0 Å². The topological polar surface area (TPSA) is 104 Å². The van der Waals surface area contributed by atoms with Crippen LogP contribution in [-0.2, 0) is 10.0 Å². The lowest BCUT2D eigenvalue weighted by atomic mass is 10.2. The molecule has 0 radical (unpaired) electrons. The van der Waals surface area contributed by atoms with Crippen LogP contribution in [0.1, 0.15) is 34.1 Å². The van der Waals surface area contributed by atoms with E-state index in [2.05, 4.69) is 15.4 Å². The van der Waals surface area contributed by atoms with Crippen LogP contribution in [0.4, 0.5) is 10.1 Å². The molecule has 0 saturated heterocycles. The SMILES string of the molecule is CCCS(=O)(=O)Nc1cccc(C(=O)NCCNC(=O)c2ccccc2F)c1. The van der Waals surface area contributed by atoms with E-state index in [9.17, 15) is 22.4 Å². The van der Waals surface area contributed by atoms with Gasteiger partial charge in [-0.15, -0.1) is 0 Å². The van der Waals surface area contributed by atoms with E-state index in [-0.39, 0.29) is 30.0 Å². The summed E-state index contributed by atoms with van der Waals surface area (Å²) in [4.78, 5) is 24.1. The average Bonchev–Trinajstić information content (AvgIpc) is 2.65. The Morgan fingerprint density at radius 2 is 1.64 bits per heavy atom. The van der Waals surface area contributed by atoms with Gasteiger partial charge < -0.3 is 10.6 Å². The summed E-state index contributed by atoms with van der Waals surface area (Å²) in [6, 6.07) is 11.7. The van der Waals surface area contributed by atoms with Gasteiger partial charge in [-0.25, -0.2) is 12.8 Å². The zero-order valence-corrected chi connectivity index (χ0v) is 16.2. The molecule has 7 nitrogen and oxygen atoms in total. The summed E-state index contributed by atoms with van der Waals surface area (Å²) in [7, 11) is -3.45. The molecule has 0 spiro atoms. The molecule has 2 aromatic carbocycles. The maximum absolute atomic E-state index is 13.5. The van der Waals surface area contributed by atoms with Crippen molar-refractivity contribution < 1.29 is 22.4 Å². The van der Waals surface area contributed by atoms with Crippen LogP contribution >= 0.6 is 0 Å². The molecule has 0 aromatic heterocycles. The van der Waals surface area contributed by atoms with Gasteiger partial charge in [0.2, 0.25) is 10.0 Å². The first kappa shape index (κ1) is 21.4. The summed E-state index contributed by atoms with van der Waals surface area (Å²) in [6.07, 6.45) is 0.480. The molecule has 9 heteroatoms. The molecular formula is C19H22FN3O4S. The van der Waals surface area contributed by atoms with E-state index in [4.69, 9.17) is 0 Å². The van der Waals surface area contributed by atoms with Crippen molar-refractivity contribution in [3.8, 4) is 0 Å². The fraction of sp³-hybridized carbons (Fsp3) is 0.263.